The minimum absolute atomic E-state index is 0.300. The van der Waals surface area contributed by atoms with Crippen LogP contribution in [0.3, 0.4) is 0 Å². The van der Waals surface area contributed by atoms with Gasteiger partial charge < -0.3 is 0 Å². The SMILES string of the molecule is FC1(F)CCB(c2ccccc2)C(F)(c2ccccc2)C1(F)F. The highest BCUT2D eigenvalue weighted by atomic mass is 19.3. The van der Waals surface area contributed by atoms with Crippen LogP contribution in [0, 0.1) is 0 Å². The maximum Gasteiger partial charge on any atom is 0.340 e. The van der Waals surface area contributed by atoms with Gasteiger partial charge in [-0.3, -0.25) is 0 Å². The summed E-state index contributed by atoms with van der Waals surface area (Å²) in [5.74, 6) is -9.18. The Labute approximate surface area is 131 Å². The molecule has 1 saturated heterocycles. The van der Waals surface area contributed by atoms with E-state index in [1.165, 1.54) is 30.3 Å². The molecular formula is C17H14BF5. The van der Waals surface area contributed by atoms with Crippen LogP contribution >= 0.6 is 0 Å². The van der Waals surface area contributed by atoms with Crippen LogP contribution in [-0.4, -0.2) is 18.6 Å². The van der Waals surface area contributed by atoms with Gasteiger partial charge in [0.1, 0.15) is 0 Å². The van der Waals surface area contributed by atoms with Crippen molar-refractivity contribution >= 4 is 12.2 Å². The predicted octanol–water partition coefficient (Wildman–Crippen LogP) is 4.47. The van der Waals surface area contributed by atoms with Crippen molar-refractivity contribution < 1.29 is 22.0 Å². The van der Waals surface area contributed by atoms with Crippen molar-refractivity contribution in [3.8, 4) is 0 Å². The van der Waals surface area contributed by atoms with E-state index in [-0.39, 0.29) is 6.32 Å². The summed E-state index contributed by atoms with van der Waals surface area (Å²) in [6.45, 7) is -1.33. The Morgan fingerprint density at radius 3 is 1.83 bits per heavy atom. The van der Waals surface area contributed by atoms with Gasteiger partial charge in [-0.2, -0.15) is 17.6 Å². The summed E-state index contributed by atoms with van der Waals surface area (Å²) in [4.78, 5) is 0. The molecule has 0 nitrogen and oxygen atoms in total. The van der Waals surface area contributed by atoms with Crippen LogP contribution in [0.15, 0.2) is 60.7 Å². The highest BCUT2D eigenvalue weighted by Gasteiger charge is 2.76. The van der Waals surface area contributed by atoms with E-state index in [2.05, 4.69) is 0 Å². The van der Waals surface area contributed by atoms with Gasteiger partial charge in [-0.1, -0.05) is 72.4 Å². The first-order valence-electron chi connectivity index (χ1n) is 7.36. The highest BCUT2D eigenvalue weighted by molar-refractivity contribution is 6.76. The minimum Gasteiger partial charge on any atom is -0.241 e. The number of alkyl halides is 5. The summed E-state index contributed by atoms with van der Waals surface area (Å²) in [6, 6.07) is 14.4. The monoisotopic (exact) mass is 324 g/mol. The maximum atomic E-state index is 15.7. The van der Waals surface area contributed by atoms with Crippen molar-refractivity contribution in [2.75, 3.05) is 0 Å². The molecule has 0 aliphatic carbocycles. The molecule has 0 N–H and O–H groups in total. The van der Waals surface area contributed by atoms with Crippen LogP contribution in [-0.2, 0) is 5.57 Å². The third-order valence-corrected chi connectivity index (χ3v) is 4.54. The molecule has 3 rings (SSSR count). The Morgan fingerprint density at radius 1 is 0.739 bits per heavy atom. The van der Waals surface area contributed by atoms with E-state index in [0.717, 1.165) is 12.1 Å². The fourth-order valence-corrected chi connectivity index (χ4v) is 3.31. The Balaban J connectivity index is 2.21. The first kappa shape index (κ1) is 16.0. The standard InChI is InChI=1S/C17H14BF5/c19-15(20)11-12-18(14-9-5-2-6-10-14)16(21,17(15,22)23)13-7-3-1-4-8-13/h1-10H,11-12H2. The summed E-state index contributed by atoms with van der Waals surface area (Å²) in [5.41, 5.74) is -3.58. The number of rotatable bonds is 2. The van der Waals surface area contributed by atoms with Crippen LogP contribution in [0.5, 0.6) is 0 Å². The molecule has 1 aliphatic heterocycles. The van der Waals surface area contributed by atoms with Gasteiger partial charge in [0.15, 0.2) is 5.57 Å². The summed E-state index contributed by atoms with van der Waals surface area (Å²) in [5, 5.41) is 0. The van der Waals surface area contributed by atoms with E-state index in [1.807, 2.05) is 0 Å². The number of halogens is 5. The molecule has 0 amide bonds. The minimum atomic E-state index is -4.79. The van der Waals surface area contributed by atoms with Crippen LogP contribution in [0.2, 0.25) is 6.32 Å². The molecule has 1 heterocycles. The van der Waals surface area contributed by atoms with Gasteiger partial charge in [-0.05, 0) is 5.56 Å². The van der Waals surface area contributed by atoms with Crippen molar-refractivity contribution in [3.63, 3.8) is 0 Å². The maximum absolute atomic E-state index is 15.7. The summed E-state index contributed by atoms with van der Waals surface area (Å²) in [7, 11) is 0. The lowest BCUT2D eigenvalue weighted by atomic mass is 9.28. The quantitative estimate of drug-likeness (QED) is 0.565. The molecule has 23 heavy (non-hydrogen) atoms. The van der Waals surface area contributed by atoms with Crippen molar-refractivity contribution in [3.05, 3.63) is 66.2 Å². The average molecular weight is 324 g/mol. The Morgan fingerprint density at radius 2 is 1.26 bits per heavy atom. The predicted molar refractivity (Wildman–Crippen MR) is 80.4 cm³/mol. The number of benzene rings is 2. The third kappa shape index (κ3) is 2.27. The van der Waals surface area contributed by atoms with Crippen molar-refractivity contribution in [2.24, 2.45) is 0 Å². The van der Waals surface area contributed by atoms with Crippen LogP contribution < -0.4 is 5.46 Å². The van der Waals surface area contributed by atoms with Crippen LogP contribution in [0.25, 0.3) is 0 Å². The zero-order chi connectivity index (χ0) is 16.7. The largest absolute Gasteiger partial charge is 0.340 e. The van der Waals surface area contributed by atoms with Gasteiger partial charge >= 0.3 is 11.8 Å². The van der Waals surface area contributed by atoms with E-state index in [4.69, 9.17) is 0 Å². The van der Waals surface area contributed by atoms with Gasteiger partial charge in [0.05, 0.1) is 0 Å². The molecule has 1 fully saturated rings. The van der Waals surface area contributed by atoms with Gasteiger partial charge in [0, 0.05) is 6.42 Å². The Hall–Kier alpha value is -1.85. The van der Waals surface area contributed by atoms with Gasteiger partial charge in [-0.25, -0.2) is 4.39 Å². The topological polar surface area (TPSA) is 0 Å². The molecule has 2 aromatic rings. The molecule has 0 radical (unpaired) electrons. The van der Waals surface area contributed by atoms with Crippen LogP contribution in [0.4, 0.5) is 22.0 Å². The summed E-state index contributed by atoms with van der Waals surface area (Å²) < 4.78 is 72.5. The Kier molecular flexibility index (Phi) is 3.73. The van der Waals surface area contributed by atoms with E-state index in [1.54, 1.807) is 18.2 Å². The number of hydrogen-bond donors (Lipinski definition) is 0. The first-order chi connectivity index (χ1) is 10.8. The van der Waals surface area contributed by atoms with E-state index < -0.39 is 36.1 Å². The summed E-state index contributed by atoms with van der Waals surface area (Å²) in [6.07, 6.45) is -1.39. The zero-order valence-corrected chi connectivity index (χ0v) is 12.2. The third-order valence-electron chi connectivity index (χ3n) is 4.54. The molecule has 0 aromatic heterocycles. The van der Waals surface area contributed by atoms with Gasteiger partial charge in [-0.15, -0.1) is 0 Å². The fourth-order valence-electron chi connectivity index (χ4n) is 3.31. The van der Waals surface area contributed by atoms with E-state index in [9.17, 15) is 17.6 Å². The molecule has 6 heteroatoms. The van der Waals surface area contributed by atoms with E-state index in [0.29, 0.717) is 5.46 Å². The van der Waals surface area contributed by atoms with Crippen molar-refractivity contribution in [1.29, 1.82) is 0 Å². The van der Waals surface area contributed by atoms with E-state index >= 15 is 4.39 Å². The molecular weight excluding hydrogens is 310 g/mol. The second-order valence-corrected chi connectivity index (χ2v) is 5.86. The highest BCUT2D eigenvalue weighted by Crippen LogP contribution is 2.57. The fraction of sp³-hybridized carbons (Fsp3) is 0.294. The smallest absolute Gasteiger partial charge is 0.241 e. The van der Waals surface area contributed by atoms with Crippen LogP contribution in [0.1, 0.15) is 12.0 Å². The number of hydrogen-bond acceptors (Lipinski definition) is 0. The van der Waals surface area contributed by atoms with Crippen molar-refractivity contribution in [1.82, 2.24) is 0 Å². The average Bonchev–Trinajstić information content (AvgIpc) is 2.55. The van der Waals surface area contributed by atoms with Gasteiger partial charge in [0.2, 0.25) is 6.71 Å². The molecule has 1 aliphatic rings. The molecule has 1 unspecified atom stereocenters. The lowest BCUT2D eigenvalue weighted by Gasteiger charge is -2.46. The summed E-state index contributed by atoms with van der Waals surface area (Å²) >= 11 is 0. The Bertz CT molecular complexity index is 674. The first-order valence-corrected chi connectivity index (χ1v) is 7.36. The molecule has 1 atom stereocenters. The lowest BCUT2D eigenvalue weighted by molar-refractivity contribution is -0.262. The zero-order valence-electron chi connectivity index (χ0n) is 12.2. The molecule has 120 valence electrons. The van der Waals surface area contributed by atoms with Crippen molar-refractivity contribution in [2.45, 2.75) is 30.2 Å². The second kappa shape index (κ2) is 5.36. The van der Waals surface area contributed by atoms with Gasteiger partial charge in [0.25, 0.3) is 0 Å². The molecule has 0 saturated carbocycles. The second-order valence-electron chi connectivity index (χ2n) is 5.86. The lowest BCUT2D eigenvalue weighted by Crippen LogP contribution is -2.68. The molecule has 0 spiro atoms. The molecule has 2 aromatic carbocycles. The normalized spacial score (nSPS) is 26.0. The molecule has 0 bridgehead atoms.